The van der Waals surface area contributed by atoms with Gasteiger partial charge in [0.2, 0.25) is 15.9 Å². The maximum atomic E-state index is 13.1. The Hall–Kier alpha value is -2.34. The number of nitrogens with zero attached hydrogens (tertiary/aromatic N) is 1. The standard InChI is InChI=1S/C22H30N2O3S/c1-6-20(18-14-13-16(3)17(4)15-18)23-22(25)21(7-2)24(28(5,26)27)19-11-9-8-10-12-19/h8-15,20-21H,6-7H2,1-5H3,(H,23,25). The van der Waals surface area contributed by atoms with Gasteiger partial charge in [-0.3, -0.25) is 9.10 Å². The molecule has 0 spiro atoms. The van der Waals surface area contributed by atoms with Crippen molar-refractivity contribution < 1.29 is 13.2 Å². The van der Waals surface area contributed by atoms with Gasteiger partial charge in [-0.15, -0.1) is 0 Å². The molecule has 2 rings (SSSR count). The third-order valence-corrected chi connectivity index (χ3v) is 6.18. The van der Waals surface area contributed by atoms with Crippen molar-refractivity contribution in [3.8, 4) is 0 Å². The predicted molar refractivity (Wildman–Crippen MR) is 115 cm³/mol. The molecule has 0 radical (unpaired) electrons. The molecule has 2 unspecified atom stereocenters. The highest BCUT2D eigenvalue weighted by Gasteiger charge is 2.32. The fraction of sp³-hybridized carbons (Fsp3) is 0.409. The zero-order chi connectivity index (χ0) is 20.9. The van der Waals surface area contributed by atoms with Crippen molar-refractivity contribution in [2.75, 3.05) is 10.6 Å². The van der Waals surface area contributed by atoms with Gasteiger partial charge in [0.25, 0.3) is 0 Å². The van der Waals surface area contributed by atoms with E-state index in [0.29, 0.717) is 12.1 Å². The lowest BCUT2D eigenvalue weighted by Gasteiger charge is -2.31. The second-order valence-corrected chi connectivity index (χ2v) is 8.99. The molecule has 28 heavy (non-hydrogen) atoms. The summed E-state index contributed by atoms with van der Waals surface area (Å²) in [4.78, 5) is 13.1. The van der Waals surface area contributed by atoms with E-state index in [4.69, 9.17) is 0 Å². The van der Waals surface area contributed by atoms with Crippen molar-refractivity contribution in [2.45, 2.75) is 52.6 Å². The van der Waals surface area contributed by atoms with Crippen molar-refractivity contribution in [3.05, 3.63) is 65.2 Å². The van der Waals surface area contributed by atoms with Crippen LogP contribution < -0.4 is 9.62 Å². The van der Waals surface area contributed by atoms with E-state index in [0.717, 1.165) is 18.2 Å². The first-order valence-electron chi connectivity index (χ1n) is 9.61. The van der Waals surface area contributed by atoms with Crippen LogP contribution in [0.1, 0.15) is 49.4 Å². The number of amides is 1. The minimum atomic E-state index is -3.62. The Balaban J connectivity index is 2.33. The number of aryl methyl sites for hydroxylation is 2. The first-order valence-corrected chi connectivity index (χ1v) is 11.5. The molecule has 0 saturated carbocycles. The summed E-state index contributed by atoms with van der Waals surface area (Å²) in [6.45, 7) is 7.92. The average molecular weight is 403 g/mol. The molecule has 0 fully saturated rings. The first kappa shape index (κ1) is 22.0. The summed E-state index contributed by atoms with van der Waals surface area (Å²) in [7, 11) is -3.62. The Kier molecular flexibility index (Phi) is 7.24. The zero-order valence-electron chi connectivity index (χ0n) is 17.3. The maximum Gasteiger partial charge on any atom is 0.244 e. The van der Waals surface area contributed by atoms with Gasteiger partial charge in [-0.25, -0.2) is 8.42 Å². The number of hydrogen-bond acceptors (Lipinski definition) is 3. The number of rotatable bonds is 8. The normalized spacial score (nSPS) is 13.6. The van der Waals surface area contributed by atoms with Gasteiger partial charge >= 0.3 is 0 Å². The number of benzene rings is 2. The van der Waals surface area contributed by atoms with Crippen molar-refractivity contribution in [1.29, 1.82) is 0 Å². The third kappa shape index (κ3) is 5.13. The number of carbonyl (C=O) groups excluding carboxylic acids is 1. The summed E-state index contributed by atoms with van der Waals surface area (Å²) in [5, 5.41) is 3.06. The molecule has 6 heteroatoms. The number of carbonyl (C=O) groups is 1. The molecule has 1 N–H and O–H groups in total. The van der Waals surface area contributed by atoms with Crippen molar-refractivity contribution in [2.24, 2.45) is 0 Å². The van der Waals surface area contributed by atoms with Crippen LogP contribution in [0, 0.1) is 13.8 Å². The second kappa shape index (κ2) is 9.24. The van der Waals surface area contributed by atoms with Crippen LogP contribution in [0.5, 0.6) is 0 Å². The van der Waals surface area contributed by atoms with E-state index in [2.05, 4.69) is 18.3 Å². The molecule has 2 atom stereocenters. The molecule has 0 aliphatic heterocycles. The lowest BCUT2D eigenvalue weighted by Crippen LogP contribution is -2.50. The summed E-state index contributed by atoms with van der Waals surface area (Å²) in [5.74, 6) is -0.290. The van der Waals surface area contributed by atoms with Crippen LogP contribution in [0.3, 0.4) is 0 Å². The van der Waals surface area contributed by atoms with Gasteiger partial charge in [-0.2, -0.15) is 0 Å². The monoisotopic (exact) mass is 402 g/mol. The van der Waals surface area contributed by atoms with Gasteiger partial charge in [0, 0.05) is 0 Å². The summed E-state index contributed by atoms with van der Waals surface area (Å²) < 4.78 is 26.2. The maximum absolute atomic E-state index is 13.1. The van der Waals surface area contributed by atoms with Crippen LogP contribution in [0.4, 0.5) is 5.69 Å². The third-order valence-electron chi connectivity index (χ3n) is 5.00. The largest absolute Gasteiger partial charge is 0.347 e. The average Bonchev–Trinajstić information content (AvgIpc) is 2.65. The summed E-state index contributed by atoms with van der Waals surface area (Å²) in [6, 6.07) is 13.9. The molecule has 152 valence electrons. The van der Waals surface area contributed by atoms with Crippen LogP contribution in [-0.2, 0) is 14.8 Å². The van der Waals surface area contributed by atoms with E-state index < -0.39 is 16.1 Å². The van der Waals surface area contributed by atoms with Crippen LogP contribution in [0.25, 0.3) is 0 Å². The Morgan fingerprint density at radius 3 is 2.14 bits per heavy atom. The number of hydrogen-bond donors (Lipinski definition) is 1. The summed E-state index contributed by atoms with van der Waals surface area (Å²) in [6.07, 6.45) is 2.22. The highest BCUT2D eigenvalue weighted by atomic mass is 32.2. The quantitative estimate of drug-likeness (QED) is 0.722. The first-order chi connectivity index (χ1) is 13.2. The fourth-order valence-electron chi connectivity index (χ4n) is 3.31. The molecule has 5 nitrogen and oxygen atoms in total. The van der Waals surface area contributed by atoms with E-state index in [1.165, 1.54) is 15.4 Å². The highest BCUT2D eigenvalue weighted by Crippen LogP contribution is 2.24. The second-order valence-electron chi connectivity index (χ2n) is 7.13. The van der Waals surface area contributed by atoms with Crippen LogP contribution in [0.15, 0.2) is 48.5 Å². The van der Waals surface area contributed by atoms with Crippen LogP contribution >= 0.6 is 0 Å². The topological polar surface area (TPSA) is 66.5 Å². The SMILES string of the molecule is CCC(NC(=O)C(CC)N(c1ccccc1)S(C)(=O)=O)c1ccc(C)c(C)c1. The van der Waals surface area contributed by atoms with Crippen molar-refractivity contribution in [3.63, 3.8) is 0 Å². The van der Waals surface area contributed by atoms with Crippen molar-refractivity contribution in [1.82, 2.24) is 5.32 Å². The van der Waals surface area contributed by atoms with E-state index in [-0.39, 0.29) is 11.9 Å². The van der Waals surface area contributed by atoms with E-state index in [1.54, 1.807) is 24.3 Å². The molecular formula is C22H30N2O3S. The molecule has 0 aliphatic carbocycles. The summed E-state index contributed by atoms with van der Waals surface area (Å²) >= 11 is 0. The van der Waals surface area contributed by atoms with Gasteiger partial charge in [-0.1, -0.05) is 50.2 Å². The van der Waals surface area contributed by atoms with Gasteiger partial charge in [-0.05, 0) is 55.5 Å². The van der Waals surface area contributed by atoms with E-state index >= 15 is 0 Å². The number of para-hydroxylation sites is 1. The molecule has 0 bridgehead atoms. The molecule has 0 aliphatic rings. The zero-order valence-corrected chi connectivity index (χ0v) is 18.1. The number of nitrogens with one attached hydrogen (secondary N) is 1. The molecule has 0 saturated heterocycles. The fourth-order valence-corrected chi connectivity index (χ4v) is 4.52. The van der Waals surface area contributed by atoms with Crippen LogP contribution in [-0.4, -0.2) is 26.6 Å². The molecule has 0 aromatic heterocycles. The Morgan fingerprint density at radius 2 is 1.64 bits per heavy atom. The van der Waals surface area contributed by atoms with Crippen molar-refractivity contribution >= 4 is 21.6 Å². The Bertz CT molecular complexity index is 911. The Morgan fingerprint density at radius 1 is 1.00 bits per heavy atom. The Labute approximate surface area is 168 Å². The van der Waals surface area contributed by atoms with Gasteiger partial charge in [0.05, 0.1) is 18.0 Å². The minimum absolute atomic E-state index is 0.168. The molecule has 0 heterocycles. The molecular weight excluding hydrogens is 372 g/mol. The lowest BCUT2D eigenvalue weighted by molar-refractivity contribution is -0.123. The molecule has 1 amide bonds. The smallest absolute Gasteiger partial charge is 0.244 e. The van der Waals surface area contributed by atoms with Crippen LogP contribution in [0.2, 0.25) is 0 Å². The molecule has 2 aromatic carbocycles. The van der Waals surface area contributed by atoms with E-state index in [1.807, 2.05) is 39.0 Å². The lowest BCUT2D eigenvalue weighted by atomic mass is 9.99. The van der Waals surface area contributed by atoms with Gasteiger partial charge in [0.15, 0.2) is 0 Å². The highest BCUT2D eigenvalue weighted by molar-refractivity contribution is 7.92. The number of sulfonamides is 1. The van der Waals surface area contributed by atoms with Gasteiger partial charge < -0.3 is 5.32 Å². The van der Waals surface area contributed by atoms with Gasteiger partial charge in [0.1, 0.15) is 6.04 Å². The predicted octanol–water partition coefficient (Wildman–Crippen LogP) is 4.12. The summed E-state index contributed by atoms with van der Waals surface area (Å²) in [5.41, 5.74) is 3.88. The van der Waals surface area contributed by atoms with E-state index in [9.17, 15) is 13.2 Å². The number of anilines is 1. The molecule has 2 aromatic rings. The minimum Gasteiger partial charge on any atom is -0.347 e.